The van der Waals surface area contributed by atoms with E-state index in [2.05, 4.69) is 13.8 Å². The van der Waals surface area contributed by atoms with E-state index < -0.39 is 0 Å². The standard InChI is InChI=1S/C11H22O2/c1-3-5-6-7-11-9-12-10(4-2)8-13-11/h10-11H,3-9H2,1-2H3. The van der Waals surface area contributed by atoms with Crippen LogP contribution < -0.4 is 0 Å². The molecule has 0 aliphatic carbocycles. The SMILES string of the molecule is CCCCCC1COC(CC)CO1. The first kappa shape index (κ1) is 11.0. The molecule has 1 heterocycles. The van der Waals surface area contributed by atoms with E-state index in [0.717, 1.165) is 19.6 Å². The number of ether oxygens (including phenoxy) is 2. The molecule has 1 fully saturated rings. The van der Waals surface area contributed by atoms with Crippen LogP contribution >= 0.6 is 0 Å². The van der Waals surface area contributed by atoms with Gasteiger partial charge in [-0.25, -0.2) is 0 Å². The Kier molecular flexibility index (Phi) is 5.40. The molecule has 0 aromatic carbocycles. The number of unbranched alkanes of at least 4 members (excludes halogenated alkanes) is 2. The van der Waals surface area contributed by atoms with Gasteiger partial charge in [0.25, 0.3) is 0 Å². The summed E-state index contributed by atoms with van der Waals surface area (Å²) in [6.07, 6.45) is 6.84. The van der Waals surface area contributed by atoms with Crippen molar-refractivity contribution in [3.8, 4) is 0 Å². The van der Waals surface area contributed by atoms with Crippen LogP contribution in [0.2, 0.25) is 0 Å². The maximum Gasteiger partial charge on any atom is 0.0810 e. The van der Waals surface area contributed by atoms with E-state index in [1.54, 1.807) is 0 Å². The van der Waals surface area contributed by atoms with Gasteiger partial charge in [-0.1, -0.05) is 33.1 Å². The van der Waals surface area contributed by atoms with E-state index in [1.165, 1.54) is 25.7 Å². The van der Waals surface area contributed by atoms with Crippen molar-refractivity contribution >= 4 is 0 Å². The third kappa shape index (κ3) is 4.10. The minimum atomic E-state index is 0.349. The van der Waals surface area contributed by atoms with Gasteiger partial charge in [0.1, 0.15) is 0 Å². The maximum absolute atomic E-state index is 5.70. The molecule has 0 aromatic heterocycles. The smallest absolute Gasteiger partial charge is 0.0810 e. The second-order valence-corrected chi connectivity index (χ2v) is 3.81. The summed E-state index contributed by atoms with van der Waals surface area (Å²) in [4.78, 5) is 0. The van der Waals surface area contributed by atoms with Crippen molar-refractivity contribution in [3.05, 3.63) is 0 Å². The fourth-order valence-corrected chi connectivity index (χ4v) is 1.61. The van der Waals surface area contributed by atoms with Gasteiger partial charge in [0.05, 0.1) is 25.4 Å². The number of rotatable bonds is 5. The molecule has 2 nitrogen and oxygen atoms in total. The van der Waals surface area contributed by atoms with Gasteiger partial charge in [-0.05, 0) is 12.8 Å². The van der Waals surface area contributed by atoms with Gasteiger partial charge >= 0.3 is 0 Å². The van der Waals surface area contributed by atoms with Crippen LogP contribution in [0.3, 0.4) is 0 Å². The lowest BCUT2D eigenvalue weighted by atomic mass is 10.1. The zero-order valence-electron chi connectivity index (χ0n) is 8.92. The average molecular weight is 186 g/mol. The molecule has 1 rings (SSSR count). The quantitative estimate of drug-likeness (QED) is 0.615. The Balaban J connectivity index is 2.03. The van der Waals surface area contributed by atoms with Gasteiger partial charge in [-0.15, -0.1) is 0 Å². The van der Waals surface area contributed by atoms with Crippen LogP contribution in [0, 0.1) is 0 Å². The van der Waals surface area contributed by atoms with Crippen molar-refractivity contribution in [3.63, 3.8) is 0 Å². The minimum Gasteiger partial charge on any atom is -0.373 e. The summed E-state index contributed by atoms with van der Waals surface area (Å²) in [5.74, 6) is 0. The van der Waals surface area contributed by atoms with Crippen molar-refractivity contribution in [1.29, 1.82) is 0 Å². The van der Waals surface area contributed by atoms with E-state index in [4.69, 9.17) is 9.47 Å². The Labute approximate surface area is 81.6 Å². The van der Waals surface area contributed by atoms with Gasteiger partial charge < -0.3 is 9.47 Å². The fraction of sp³-hybridized carbons (Fsp3) is 1.00. The molecule has 2 unspecified atom stereocenters. The van der Waals surface area contributed by atoms with Crippen molar-refractivity contribution in [2.24, 2.45) is 0 Å². The van der Waals surface area contributed by atoms with E-state index in [-0.39, 0.29) is 0 Å². The molecule has 78 valence electrons. The summed E-state index contributed by atoms with van der Waals surface area (Å²) in [7, 11) is 0. The highest BCUT2D eigenvalue weighted by Gasteiger charge is 2.19. The monoisotopic (exact) mass is 186 g/mol. The predicted molar refractivity (Wildman–Crippen MR) is 53.9 cm³/mol. The van der Waals surface area contributed by atoms with Crippen molar-refractivity contribution < 1.29 is 9.47 Å². The average Bonchev–Trinajstić information content (AvgIpc) is 2.19. The molecular formula is C11H22O2. The largest absolute Gasteiger partial charge is 0.373 e. The predicted octanol–water partition coefficient (Wildman–Crippen LogP) is 2.76. The molecule has 1 aliphatic heterocycles. The summed E-state index contributed by atoms with van der Waals surface area (Å²) >= 11 is 0. The molecule has 0 amide bonds. The van der Waals surface area contributed by atoms with Crippen molar-refractivity contribution in [2.45, 2.75) is 58.2 Å². The van der Waals surface area contributed by atoms with Gasteiger partial charge in [-0.3, -0.25) is 0 Å². The maximum atomic E-state index is 5.70. The summed E-state index contributed by atoms with van der Waals surface area (Å²) in [5, 5.41) is 0. The first-order valence-corrected chi connectivity index (χ1v) is 5.60. The lowest BCUT2D eigenvalue weighted by Crippen LogP contribution is -2.35. The molecule has 0 saturated carbocycles. The van der Waals surface area contributed by atoms with Crippen LogP contribution in [0.15, 0.2) is 0 Å². The van der Waals surface area contributed by atoms with Gasteiger partial charge in [0.15, 0.2) is 0 Å². The normalized spacial score (nSPS) is 29.1. The molecule has 0 aromatic rings. The highest BCUT2D eigenvalue weighted by Crippen LogP contribution is 2.14. The molecule has 2 atom stereocenters. The van der Waals surface area contributed by atoms with Crippen molar-refractivity contribution in [2.75, 3.05) is 13.2 Å². The highest BCUT2D eigenvalue weighted by atomic mass is 16.6. The number of hydrogen-bond donors (Lipinski definition) is 0. The number of hydrogen-bond acceptors (Lipinski definition) is 2. The summed E-state index contributed by atoms with van der Waals surface area (Å²) in [5.41, 5.74) is 0. The Morgan fingerprint density at radius 3 is 2.23 bits per heavy atom. The summed E-state index contributed by atoms with van der Waals surface area (Å²) in [6.45, 7) is 5.98. The second kappa shape index (κ2) is 6.39. The van der Waals surface area contributed by atoms with E-state index in [0.29, 0.717) is 12.2 Å². The van der Waals surface area contributed by atoms with E-state index >= 15 is 0 Å². The fourth-order valence-electron chi connectivity index (χ4n) is 1.61. The lowest BCUT2D eigenvalue weighted by molar-refractivity contribution is -0.135. The van der Waals surface area contributed by atoms with E-state index in [9.17, 15) is 0 Å². The Morgan fingerprint density at radius 2 is 1.69 bits per heavy atom. The Hall–Kier alpha value is -0.0800. The molecule has 0 bridgehead atoms. The highest BCUT2D eigenvalue weighted by molar-refractivity contribution is 4.66. The molecule has 0 radical (unpaired) electrons. The Morgan fingerprint density at radius 1 is 1.00 bits per heavy atom. The Bertz CT molecular complexity index is 115. The summed E-state index contributed by atoms with van der Waals surface area (Å²) < 4.78 is 11.3. The van der Waals surface area contributed by atoms with Crippen LogP contribution in [0.1, 0.15) is 46.0 Å². The van der Waals surface area contributed by atoms with E-state index in [1.807, 2.05) is 0 Å². The third-order valence-corrected chi connectivity index (χ3v) is 2.62. The summed E-state index contributed by atoms with van der Waals surface area (Å²) in [6, 6.07) is 0. The van der Waals surface area contributed by atoms with Crippen LogP contribution in [0.25, 0.3) is 0 Å². The zero-order valence-corrected chi connectivity index (χ0v) is 8.92. The third-order valence-electron chi connectivity index (χ3n) is 2.62. The molecule has 2 heteroatoms. The van der Waals surface area contributed by atoms with Gasteiger partial charge in [0, 0.05) is 0 Å². The minimum absolute atomic E-state index is 0.349. The van der Waals surface area contributed by atoms with Gasteiger partial charge in [-0.2, -0.15) is 0 Å². The second-order valence-electron chi connectivity index (χ2n) is 3.81. The van der Waals surface area contributed by atoms with Crippen LogP contribution in [0.5, 0.6) is 0 Å². The zero-order chi connectivity index (χ0) is 9.52. The van der Waals surface area contributed by atoms with Crippen LogP contribution in [-0.4, -0.2) is 25.4 Å². The van der Waals surface area contributed by atoms with Crippen LogP contribution in [-0.2, 0) is 9.47 Å². The lowest BCUT2D eigenvalue weighted by Gasteiger charge is -2.28. The molecule has 0 N–H and O–H groups in total. The molecule has 1 saturated heterocycles. The first-order valence-electron chi connectivity index (χ1n) is 5.60. The first-order chi connectivity index (χ1) is 6.36. The molecule has 13 heavy (non-hydrogen) atoms. The van der Waals surface area contributed by atoms with Crippen molar-refractivity contribution in [1.82, 2.24) is 0 Å². The topological polar surface area (TPSA) is 18.5 Å². The van der Waals surface area contributed by atoms with Crippen LogP contribution in [0.4, 0.5) is 0 Å². The molecular weight excluding hydrogens is 164 g/mol. The molecule has 0 spiro atoms. The molecule has 1 aliphatic rings. The van der Waals surface area contributed by atoms with Gasteiger partial charge in [0.2, 0.25) is 0 Å².